The Morgan fingerprint density at radius 2 is 1.84 bits per heavy atom. The molecule has 1 N–H and O–H groups in total. The van der Waals surface area contributed by atoms with Crippen molar-refractivity contribution in [3.05, 3.63) is 35.4 Å². The Bertz CT molecular complexity index is 429. The van der Waals surface area contributed by atoms with Crippen molar-refractivity contribution in [2.45, 2.75) is 32.1 Å². The number of carboxylic acid groups (broad SMARTS) is 1. The van der Waals surface area contributed by atoms with Gasteiger partial charge in [-0.3, -0.25) is 9.69 Å². The van der Waals surface area contributed by atoms with E-state index in [0.29, 0.717) is 18.5 Å². The summed E-state index contributed by atoms with van der Waals surface area (Å²) in [5.41, 5.74) is -0.0561. The summed E-state index contributed by atoms with van der Waals surface area (Å²) in [4.78, 5) is 12.6. The molecule has 0 amide bonds. The first-order chi connectivity index (χ1) is 8.75. The molecule has 1 rings (SSSR count). The Balaban J connectivity index is 2.75. The lowest BCUT2D eigenvalue weighted by Gasteiger charge is -2.23. The van der Waals surface area contributed by atoms with Gasteiger partial charge in [-0.15, -0.1) is 0 Å². The molecule has 0 saturated carbocycles. The molecule has 0 radical (unpaired) electrons. The van der Waals surface area contributed by atoms with E-state index < -0.39 is 23.8 Å². The van der Waals surface area contributed by atoms with Crippen molar-refractivity contribution in [3.63, 3.8) is 0 Å². The normalized spacial score (nSPS) is 13.6. The van der Waals surface area contributed by atoms with E-state index in [2.05, 4.69) is 0 Å². The molecule has 0 aliphatic heterocycles. The van der Waals surface area contributed by atoms with Gasteiger partial charge in [0.05, 0.1) is 5.56 Å². The number of benzene rings is 1. The maximum Gasteiger partial charge on any atom is 0.416 e. The van der Waals surface area contributed by atoms with Gasteiger partial charge in [0.15, 0.2) is 0 Å². The fourth-order valence-corrected chi connectivity index (χ4v) is 1.87. The van der Waals surface area contributed by atoms with E-state index in [-0.39, 0.29) is 0 Å². The van der Waals surface area contributed by atoms with Crippen molar-refractivity contribution in [2.75, 3.05) is 7.05 Å². The SMILES string of the molecule is CCC(C(=O)O)N(C)Cc1ccc(C(F)(F)F)cc1. The van der Waals surface area contributed by atoms with Gasteiger partial charge in [0, 0.05) is 6.54 Å². The van der Waals surface area contributed by atoms with E-state index in [1.54, 1.807) is 18.9 Å². The summed E-state index contributed by atoms with van der Waals surface area (Å²) in [6.45, 7) is 2.05. The zero-order valence-electron chi connectivity index (χ0n) is 10.7. The Hall–Kier alpha value is -1.56. The van der Waals surface area contributed by atoms with E-state index in [4.69, 9.17) is 5.11 Å². The Morgan fingerprint density at radius 3 is 2.21 bits per heavy atom. The van der Waals surface area contributed by atoms with E-state index >= 15 is 0 Å². The number of halogens is 3. The lowest BCUT2D eigenvalue weighted by Crippen LogP contribution is -2.37. The van der Waals surface area contributed by atoms with Crippen LogP contribution in [0.1, 0.15) is 24.5 Å². The number of alkyl halides is 3. The first kappa shape index (κ1) is 15.5. The van der Waals surface area contributed by atoms with Gasteiger partial charge in [-0.25, -0.2) is 0 Å². The van der Waals surface area contributed by atoms with Crippen LogP contribution in [0, 0.1) is 0 Å². The topological polar surface area (TPSA) is 40.5 Å². The molecule has 19 heavy (non-hydrogen) atoms. The highest BCUT2D eigenvalue weighted by Gasteiger charge is 2.30. The summed E-state index contributed by atoms with van der Waals surface area (Å²) in [5, 5.41) is 8.98. The van der Waals surface area contributed by atoms with Gasteiger partial charge in [-0.2, -0.15) is 13.2 Å². The third-order valence-electron chi connectivity index (χ3n) is 2.92. The second-order valence-electron chi connectivity index (χ2n) is 4.37. The number of rotatable bonds is 5. The average molecular weight is 275 g/mol. The number of hydrogen-bond acceptors (Lipinski definition) is 2. The summed E-state index contributed by atoms with van der Waals surface area (Å²) in [6.07, 6.45) is -3.91. The van der Waals surface area contributed by atoms with Gasteiger partial charge in [-0.1, -0.05) is 19.1 Å². The summed E-state index contributed by atoms with van der Waals surface area (Å²) >= 11 is 0. The molecule has 1 unspecified atom stereocenters. The van der Waals surface area contributed by atoms with Crippen LogP contribution in [-0.4, -0.2) is 29.1 Å². The minimum atomic E-state index is -4.35. The number of hydrogen-bond donors (Lipinski definition) is 1. The van der Waals surface area contributed by atoms with Crippen molar-refractivity contribution < 1.29 is 23.1 Å². The third kappa shape index (κ3) is 4.24. The Labute approximate surface area is 109 Å². The first-order valence-electron chi connectivity index (χ1n) is 5.85. The second-order valence-corrected chi connectivity index (χ2v) is 4.37. The highest BCUT2D eigenvalue weighted by molar-refractivity contribution is 5.73. The first-order valence-corrected chi connectivity index (χ1v) is 5.85. The summed E-state index contributed by atoms with van der Waals surface area (Å²) in [6, 6.07) is 4.11. The van der Waals surface area contributed by atoms with E-state index in [0.717, 1.165) is 12.1 Å². The summed E-state index contributed by atoms with van der Waals surface area (Å²) in [7, 11) is 1.64. The molecular weight excluding hydrogens is 259 g/mol. The Kier molecular flexibility index (Phi) is 4.94. The zero-order valence-corrected chi connectivity index (χ0v) is 10.7. The number of nitrogens with zero attached hydrogens (tertiary/aromatic N) is 1. The highest BCUT2D eigenvalue weighted by atomic mass is 19.4. The van der Waals surface area contributed by atoms with Crippen LogP contribution < -0.4 is 0 Å². The van der Waals surface area contributed by atoms with E-state index in [1.165, 1.54) is 12.1 Å². The van der Waals surface area contributed by atoms with Crippen LogP contribution in [0.4, 0.5) is 13.2 Å². The van der Waals surface area contributed by atoms with Crippen molar-refractivity contribution in [3.8, 4) is 0 Å². The summed E-state index contributed by atoms with van der Waals surface area (Å²) in [5.74, 6) is -0.933. The zero-order chi connectivity index (χ0) is 14.6. The molecule has 0 spiro atoms. The van der Waals surface area contributed by atoms with Crippen LogP contribution in [0.15, 0.2) is 24.3 Å². The predicted molar refractivity (Wildman–Crippen MR) is 64.6 cm³/mol. The van der Waals surface area contributed by atoms with E-state index in [1.807, 2.05) is 0 Å². The van der Waals surface area contributed by atoms with Crippen molar-refractivity contribution in [1.82, 2.24) is 4.90 Å². The second kappa shape index (κ2) is 6.06. The predicted octanol–water partition coefficient (Wildman–Crippen LogP) is 3.00. The van der Waals surface area contributed by atoms with Gasteiger partial charge >= 0.3 is 12.1 Å². The van der Waals surface area contributed by atoms with Crippen molar-refractivity contribution in [1.29, 1.82) is 0 Å². The molecule has 0 aromatic heterocycles. The molecule has 106 valence electrons. The fourth-order valence-electron chi connectivity index (χ4n) is 1.87. The minimum absolute atomic E-state index is 0.295. The van der Waals surface area contributed by atoms with Crippen molar-refractivity contribution >= 4 is 5.97 Å². The molecule has 1 aromatic carbocycles. The van der Waals surface area contributed by atoms with Crippen LogP contribution in [0.5, 0.6) is 0 Å². The fraction of sp³-hybridized carbons (Fsp3) is 0.462. The maximum absolute atomic E-state index is 12.4. The molecule has 1 aromatic rings. The molecule has 0 aliphatic rings. The van der Waals surface area contributed by atoms with Gasteiger partial charge in [0.25, 0.3) is 0 Å². The van der Waals surface area contributed by atoms with Gasteiger partial charge in [-0.05, 0) is 31.2 Å². The van der Waals surface area contributed by atoms with Crippen molar-refractivity contribution in [2.24, 2.45) is 0 Å². The molecule has 6 heteroatoms. The molecular formula is C13H16F3NO2. The van der Waals surface area contributed by atoms with Crippen LogP contribution >= 0.6 is 0 Å². The maximum atomic E-state index is 12.4. The average Bonchev–Trinajstić information content (AvgIpc) is 2.28. The quantitative estimate of drug-likeness (QED) is 0.898. The molecule has 0 saturated heterocycles. The highest BCUT2D eigenvalue weighted by Crippen LogP contribution is 2.29. The van der Waals surface area contributed by atoms with Crippen LogP contribution in [0.3, 0.4) is 0 Å². The molecule has 0 fully saturated rings. The van der Waals surface area contributed by atoms with Gasteiger partial charge < -0.3 is 5.11 Å². The van der Waals surface area contributed by atoms with Gasteiger partial charge in [0.2, 0.25) is 0 Å². The molecule has 0 bridgehead atoms. The lowest BCUT2D eigenvalue weighted by molar-refractivity contribution is -0.143. The standard InChI is InChI=1S/C13H16F3NO2/c1-3-11(12(18)19)17(2)8-9-4-6-10(7-5-9)13(14,15)16/h4-7,11H,3,8H2,1-2H3,(H,18,19). The third-order valence-corrected chi connectivity index (χ3v) is 2.92. The largest absolute Gasteiger partial charge is 0.480 e. The van der Waals surface area contributed by atoms with Crippen LogP contribution in [0.25, 0.3) is 0 Å². The number of aliphatic carboxylic acids is 1. The molecule has 0 heterocycles. The van der Waals surface area contributed by atoms with Crippen LogP contribution in [-0.2, 0) is 17.5 Å². The smallest absolute Gasteiger partial charge is 0.416 e. The number of carboxylic acids is 1. The summed E-state index contributed by atoms with van der Waals surface area (Å²) < 4.78 is 37.1. The van der Waals surface area contributed by atoms with E-state index in [9.17, 15) is 18.0 Å². The molecule has 0 aliphatic carbocycles. The number of carbonyl (C=O) groups is 1. The monoisotopic (exact) mass is 275 g/mol. The Morgan fingerprint density at radius 1 is 1.32 bits per heavy atom. The van der Waals surface area contributed by atoms with Gasteiger partial charge in [0.1, 0.15) is 6.04 Å². The lowest BCUT2D eigenvalue weighted by atomic mass is 10.1. The molecule has 3 nitrogen and oxygen atoms in total. The molecule has 1 atom stereocenters. The van der Waals surface area contributed by atoms with Crippen LogP contribution in [0.2, 0.25) is 0 Å². The number of likely N-dealkylation sites (N-methyl/N-ethyl adjacent to an activating group) is 1. The minimum Gasteiger partial charge on any atom is -0.480 e.